The summed E-state index contributed by atoms with van der Waals surface area (Å²) in [4.78, 5) is 44.6. The number of H-pyrrole nitrogens is 1. The van der Waals surface area contributed by atoms with Crippen molar-refractivity contribution in [2.45, 2.75) is 44.8 Å². The highest BCUT2D eigenvalue weighted by Gasteiger charge is 2.43. The number of hydrazone groups is 1. The van der Waals surface area contributed by atoms with Crippen LogP contribution in [0.4, 0.5) is 0 Å². The molecule has 5 rings (SSSR count). The molecule has 2 aliphatic heterocycles. The van der Waals surface area contributed by atoms with Crippen LogP contribution in [0.1, 0.15) is 31.4 Å². The van der Waals surface area contributed by atoms with Gasteiger partial charge < -0.3 is 16.0 Å². The number of piperidine rings is 1. The lowest BCUT2D eigenvalue weighted by Gasteiger charge is -2.33. The molecule has 37 heavy (non-hydrogen) atoms. The zero-order valence-corrected chi connectivity index (χ0v) is 21.1. The van der Waals surface area contributed by atoms with Crippen LogP contribution in [0.2, 0.25) is 0 Å². The van der Waals surface area contributed by atoms with E-state index >= 15 is 0 Å². The van der Waals surface area contributed by atoms with Gasteiger partial charge in [0.15, 0.2) is 0 Å². The number of benzene rings is 2. The maximum atomic E-state index is 13.8. The number of rotatable bonds is 7. The van der Waals surface area contributed by atoms with E-state index in [1.807, 2.05) is 65.8 Å². The molecule has 4 N–H and O–H groups in total. The molecule has 2 aromatic carbocycles. The number of amides is 3. The van der Waals surface area contributed by atoms with Gasteiger partial charge in [-0.1, -0.05) is 48.5 Å². The number of likely N-dealkylation sites (tertiary alicyclic amines) is 1. The first-order chi connectivity index (χ1) is 17.7. The summed E-state index contributed by atoms with van der Waals surface area (Å²) in [6.45, 7) is 4.45. The van der Waals surface area contributed by atoms with E-state index in [9.17, 15) is 14.4 Å². The van der Waals surface area contributed by atoms with Crippen LogP contribution in [0, 0.1) is 5.92 Å². The smallest absolute Gasteiger partial charge is 0.252 e. The number of fused-ring (bicyclic) bond motifs is 2. The number of nitrogens with one attached hydrogen (secondary N) is 2. The van der Waals surface area contributed by atoms with Gasteiger partial charge >= 0.3 is 0 Å². The van der Waals surface area contributed by atoms with E-state index in [1.165, 1.54) is 4.90 Å². The molecule has 3 amide bonds. The van der Waals surface area contributed by atoms with Crippen molar-refractivity contribution in [3.05, 3.63) is 71.9 Å². The Labute approximate surface area is 215 Å². The van der Waals surface area contributed by atoms with Gasteiger partial charge in [0.05, 0.1) is 30.3 Å². The fourth-order valence-corrected chi connectivity index (χ4v) is 4.94. The molecule has 0 bridgehead atoms. The second-order valence-electron chi connectivity index (χ2n) is 10.4. The van der Waals surface area contributed by atoms with E-state index in [2.05, 4.69) is 15.4 Å². The van der Waals surface area contributed by atoms with E-state index in [0.29, 0.717) is 19.5 Å². The largest absolute Gasteiger partial charge is 0.361 e. The molecular formula is C28H32N6O3. The molecule has 1 unspecified atom stereocenters. The van der Waals surface area contributed by atoms with Crippen molar-refractivity contribution >= 4 is 34.3 Å². The highest BCUT2D eigenvalue weighted by Crippen LogP contribution is 2.26. The summed E-state index contributed by atoms with van der Waals surface area (Å²) in [7, 11) is 0. The summed E-state index contributed by atoms with van der Waals surface area (Å²) in [6.07, 6.45) is 2.59. The standard InChI is InChI=1S/C28H32N6O3/c1-28(2,29)27(37)31-24(14-19-15-30-22-11-7-6-10-20(19)22)26(36)34-13-12-23-21(25(34)35)17-33(32-23)16-18-8-4-3-5-9-18/h3-11,15,21,24,30H,12-14,16-17,29H2,1-2H3,(H,31,37)/t21?,24-/m1/s1. The third-order valence-corrected chi connectivity index (χ3v) is 6.98. The molecule has 9 nitrogen and oxygen atoms in total. The Bertz CT molecular complexity index is 1360. The first-order valence-corrected chi connectivity index (χ1v) is 12.6. The quantitative estimate of drug-likeness (QED) is 0.459. The lowest BCUT2D eigenvalue weighted by atomic mass is 9.94. The van der Waals surface area contributed by atoms with Crippen molar-refractivity contribution in [1.29, 1.82) is 0 Å². The summed E-state index contributed by atoms with van der Waals surface area (Å²) in [6, 6.07) is 16.8. The number of aromatic amines is 1. The van der Waals surface area contributed by atoms with Gasteiger partial charge in [-0.3, -0.25) is 24.3 Å². The van der Waals surface area contributed by atoms with Crippen LogP contribution in [0.25, 0.3) is 10.9 Å². The first-order valence-electron chi connectivity index (χ1n) is 12.6. The molecule has 0 aliphatic carbocycles. The predicted octanol–water partition coefficient (Wildman–Crippen LogP) is 2.18. The zero-order chi connectivity index (χ0) is 26.2. The van der Waals surface area contributed by atoms with E-state index in [0.717, 1.165) is 27.7 Å². The van der Waals surface area contributed by atoms with Gasteiger partial charge in [0, 0.05) is 36.5 Å². The normalized spacial score (nSPS) is 18.5. The topological polar surface area (TPSA) is 124 Å². The van der Waals surface area contributed by atoms with Crippen LogP contribution < -0.4 is 11.1 Å². The van der Waals surface area contributed by atoms with Gasteiger partial charge in [0.25, 0.3) is 5.91 Å². The van der Waals surface area contributed by atoms with E-state index in [1.54, 1.807) is 13.8 Å². The lowest BCUT2D eigenvalue weighted by Crippen LogP contribution is -2.59. The SMILES string of the molecule is CC(C)(N)C(=O)N[C@H](Cc1c[nH]c2ccccc12)C(=O)N1CCC2=NN(Cc3ccccc3)CC2C1=O. The fraction of sp³-hybridized carbons (Fsp3) is 0.357. The average Bonchev–Trinajstić information content (AvgIpc) is 3.48. The Morgan fingerprint density at radius 2 is 1.89 bits per heavy atom. The molecule has 2 aliphatic rings. The van der Waals surface area contributed by atoms with Crippen LogP contribution in [0.5, 0.6) is 0 Å². The number of nitrogens with two attached hydrogens (primary N) is 1. The monoisotopic (exact) mass is 500 g/mol. The van der Waals surface area contributed by atoms with E-state index in [4.69, 9.17) is 5.73 Å². The molecule has 1 saturated heterocycles. The number of imide groups is 1. The summed E-state index contributed by atoms with van der Waals surface area (Å²) in [5, 5.41) is 10.3. The molecule has 0 radical (unpaired) electrons. The third-order valence-electron chi connectivity index (χ3n) is 6.98. The van der Waals surface area contributed by atoms with Crippen molar-refractivity contribution in [1.82, 2.24) is 20.2 Å². The van der Waals surface area contributed by atoms with Crippen LogP contribution in [-0.4, -0.2) is 63.0 Å². The first kappa shape index (κ1) is 24.7. The molecule has 3 aromatic rings. The maximum Gasteiger partial charge on any atom is 0.252 e. The minimum atomic E-state index is -1.17. The minimum absolute atomic E-state index is 0.235. The van der Waals surface area contributed by atoms with Crippen LogP contribution in [-0.2, 0) is 27.3 Å². The molecule has 0 saturated carbocycles. The van der Waals surface area contributed by atoms with Gasteiger partial charge in [-0.05, 0) is 31.0 Å². The Hall–Kier alpha value is -3.98. The number of aromatic nitrogens is 1. The molecule has 3 heterocycles. The maximum absolute atomic E-state index is 13.8. The minimum Gasteiger partial charge on any atom is -0.361 e. The molecule has 1 aromatic heterocycles. The highest BCUT2D eigenvalue weighted by molar-refractivity contribution is 6.13. The highest BCUT2D eigenvalue weighted by atomic mass is 16.2. The van der Waals surface area contributed by atoms with E-state index in [-0.39, 0.29) is 18.9 Å². The van der Waals surface area contributed by atoms with Crippen LogP contribution >= 0.6 is 0 Å². The Morgan fingerprint density at radius 1 is 1.16 bits per heavy atom. The van der Waals surface area contributed by atoms with Crippen LogP contribution in [0.3, 0.4) is 0 Å². The van der Waals surface area contributed by atoms with Crippen molar-refractivity contribution in [2.24, 2.45) is 16.8 Å². The molecule has 9 heteroatoms. The fourth-order valence-electron chi connectivity index (χ4n) is 4.94. The number of para-hydroxylation sites is 1. The summed E-state index contributed by atoms with van der Waals surface area (Å²) >= 11 is 0. The number of hydrogen-bond acceptors (Lipinski definition) is 6. The molecule has 192 valence electrons. The lowest BCUT2D eigenvalue weighted by molar-refractivity contribution is -0.149. The van der Waals surface area contributed by atoms with E-state index < -0.39 is 29.3 Å². The number of carbonyl (C=O) groups is 3. The predicted molar refractivity (Wildman–Crippen MR) is 141 cm³/mol. The summed E-state index contributed by atoms with van der Waals surface area (Å²) < 4.78 is 0. The summed E-state index contributed by atoms with van der Waals surface area (Å²) in [5.41, 5.74) is 8.58. The second-order valence-corrected chi connectivity index (χ2v) is 10.4. The average molecular weight is 501 g/mol. The molecule has 0 spiro atoms. The molecule has 2 atom stereocenters. The zero-order valence-electron chi connectivity index (χ0n) is 21.1. The number of nitrogens with zero attached hydrogens (tertiary/aromatic N) is 3. The Morgan fingerprint density at radius 3 is 2.65 bits per heavy atom. The molecular weight excluding hydrogens is 468 g/mol. The van der Waals surface area contributed by atoms with Gasteiger partial charge in [0.2, 0.25) is 11.8 Å². The van der Waals surface area contributed by atoms with Crippen molar-refractivity contribution < 1.29 is 14.4 Å². The van der Waals surface area contributed by atoms with Crippen molar-refractivity contribution in [3.63, 3.8) is 0 Å². The van der Waals surface area contributed by atoms with Gasteiger partial charge in [0.1, 0.15) is 6.04 Å². The van der Waals surface area contributed by atoms with Gasteiger partial charge in [-0.15, -0.1) is 0 Å². The van der Waals surface area contributed by atoms with Crippen molar-refractivity contribution in [2.75, 3.05) is 13.1 Å². The molecule has 1 fully saturated rings. The second kappa shape index (κ2) is 9.82. The summed E-state index contributed by atoms with van der Waals surface area (Å²) in [5.74, 6) is -1.60. The Kier molecular flexibility index (Phi) is 6.55. The van der Waals surface area contributed by atoms with Crippen molar-refractivity contribution in [3.8, 4) is 0 Å². The third kappa shape index (κ3) is 5.13. The van der Waals surface area contributed by atoms with Gasteiger partial charge in [-0.25, -0.2) is 0 Å². The number of carbonyl (C=O) groups excluding carboxylic acids is 3. The Balaban J connectivity index is 1.34. The van der Waals surface area contributed by atoms with Crippen LogP contribution in [0.15, 0.2) is 65.9 Å². The van der Waals surface area contributed by atoms with Gasteiger partial charge in [-0.2, -0.15) is 5.10 Å². The number of hydrogen-bond donors (Lipinski definition) is 3.